The molecule has 4 heterocycles. The standard InChI is InChI=1S/C57H64O13/c1-31(2)16-15-25-55(8)26-24-38-48(68-55)37(22-21-32(3)4)50-42(49(38)67-53-46(62)45(61)44(60)40(30-58)65-53)43(59)39-28-36-29-41-54(6,7)70-56(51(36)63,57(39,41)69-50)27-23-33(5)52(64)66-47(34-17-11-9-12-18-34)35-19-13-10-14-20-35/h9-14,16-21,23-24,26,28,36,40-41,44-47,53,58,60-62H,15,22,25,27,29-30H2,1-8H3/t36?,40-,41?,44-,45+,46-,53+,55?,56?,57?/m1/s1. The second-order valence-electron chi connectivity index (χ2n) is 20.9. The van der Waals surface area contributed by atoms with E-state index in [9.17, 15) is 25.2 Å². The second kappa shape index (κ2) is 18.5. The van der Waals surface area contributed by atoms with Crippen molar-refractivity contribution < 1.29 is 63.2 Å². The molecule has 13 heteroatoms. The summed E-state index contributed by atoms with van der Waals surface area (Å²) in [4.78, 5) is 45.3. The quantitative estimate of drug-likeness (QED) is 0.0693. The zero-order chi connectivity index (χ0) is 50.1. The van der Waals surface area contributed by atoms with Gasteiger partial charge >= 0.3 is 5.97 Å². The Morgan fingerprint density at radius 2 is 1.50 bits per heavy atom. The maximum absolute atomic E-state index is 15.9. The number of hydrogen-bond acceptors (Lipinski definition) is 13. The van der Waals surface area contributed by atoms with Crippen LogP contribution in [0.25, 0.3) is 6.08 Å². The number of carbonyl (C=O) groups excluding carboxylic acids is 3. The number of benzene rings is 3. The van der Waals surface area contributed by atoms with E-state index in [4.69, 9.17) is 28.4 Å². The van der Waals surface area contributed by atoms with Gasteiger partial charge in [0.15, 0.2) is 28.9 Å². The highest BCUT2D eigenvalue weighted by Crippen LogP contribution is 2.69. The number of hydrogen-bond donors (Lipinski definition) is 4. The number of ether oxygens (including phenoxy) is 6. The Morgan fingerprint density at radius 1 is 0.843 bits per heavy atom. The minimum Gasteiger partial charge on any atom is -0.482 e. The zero-order valence-electron chi connectivity index (χ0n) is 41.1. The van der Waals surface area contributed by atoms with Crippen LogP contribution in [0.4, 0.5) is 0 Å². The minimum absolute atomic E-state index is 0.0124. The van der Waals surface area contributed by atoms with E-state index in [1.807, 2.05) is 127 Å². The molecule has 3 aromatic carbocycles. The maximum atomic E-state index is 15.9. The predicted octanol–water partition coefficient (Wildman–Crippen LogP) is 7.96. The van der Waals surface area contributed by atoms with Gasteiger partial charge in [-0.1, -0.05) is 96.1 Å². The summed E-state index contributed by atoms with van der Waals surface area (Å²) >= 11 is 0. The molecule has 2 saturated heterocycles. The van der Waals surface area contributed by atoms with Crippen molar-refractivity contribution >= 4 is 23.6 Å². The van der Waals surface area contributed by atoms with Crippen LogP contribution >= 0.6 is 0 Å². The lowest BCUT2D eigenvalue weighted by Crippen LogP contribution is -2.72. The van der Waals surface area contributed by atoms with Crippen molar-refractivity contribution in [3.8, 4) is 17.2 Å². The Kier molecular flexibility index (Phi) is 13.0. The molecule has 4 bridgehead atoms. The molecule has 1 spiro atoms. The van der Waals surface area contributed by atoms with E-state index >= 15 is 9.59 Å². The first-order chi connectivity index (χ1) is 33.3. The molecule has 3 aromatic rings. The molecular weight excluding hydrogens is 893 g/mol. The average Bonchev–Trinajstić information content (AvgIpc) is 3.49. The molecule has 4 N–H and O–H groups in total. The Labute approximate surface area is 409 Å². The van der Waals surface area contributed by atoms with Gasteiger partial charge in [0, 0.05) is 35.0 Å². The molecular formula is C57H64O13. The topological polar surface area (TPSA) is 188 Å². The number of aliphatic hydroxyl groups is 4. The highest BCUT2D eigenvalue weighted by Gasteiger charge is 2.81. The molecule has 5 unspecified atom stereocenters. The van der Waals surface area contributed by atoms with Crippen LogP contribution in [0.3, 0.4) is 0 Å². The van der Waals surface area contributed by atoms with Crippen LogP contribution < -0.4 is 14.2 Å². The average molecular weight is 957 g/mol. The van der Waals surface area contributed by atoms with Gasteiger partial charge in [0.2, 0.25) is 6.29 Å². The van der Waals surface area contributed by atoms with Gasteiger partial charge in [0.05, 0.1) is 17.8 Å². The van der Waals surface area contributed by atoms with E-state index in [2.05, 4.69) is 6.08 Å². The van der Waals surface area contributed by atoms with E-state index in [1.54, 1.807) is 19.1 Å². The Balaban J connectivity index is 1.19. The molecule has 1 saturated carbocycles. The number of ketones is 2. The first-order valence-electron chi connectivity index (χ1n) is 24.3. The fourth-order valence-corrected chi connectivity index (χ4v) is 11.3. The second-order valence-corrected chi connectivity index (χ2v) is 20.9. The van der Waals surface area contributed by atoms with Gasteiger partial charge in [-0.3, -0.25) is 9.59 Å². The lowest BCUT2D eigenvalue weighted by atomic mass is 9.51. The summed E-state index contributed by atoms with van der Waals surface area (Å²) in [5, 5.41) is 43.1. The number of carbonyl (C=O) groups is 3. The van der Waals surface area contributed by atoms with Gasteiger partial charge in [-0.05, 0) is 104 Å². The Morgan fingerprint density at radius 3 is 2.13 bits per heavy atom. The van der Waals surface area contributed by atoms with Crippen molar-refractivity contribution in [1.29, 1.82) is 0 Å². The largest absolute Gasteiger partial charge is 0.482 e. The summed E-state index contributed by atoms with van der Waals surface area (Å²) in [5.41, 5.74) is -0.355. The number of aliphatic hydroxyl groups excluding tert-OH is 4. The lowest BCUT2D eigenvalue weighted by molar-refractivity contribution is -0.277. The van der Waals surface area contributed by atoms with Crippen molar-refractivity contribution in [2.24, 2.45) is 11.8 Å². The summed E-state index contributed by atoms with van der Waals surface area (Å²) in [6, 6.07) is 18.9. The van der Waals surface area contributed by atoms with E-state index in [1.165, 1.54) is 0 Å². The molecule has 0 radical (unpaired) electrons. The molecule has 0 amide bonds. The highest BCUT2D eigenvalue weighted by atomic mass is 16.7. The third-order valence-corrected chi connectivity index (χ3v) is 15.0. The molecule has 10 atom stereocenters. The molecule has 370 valence electrons. The first kappa shape index (κ1) is 49.3. The monoisotopic (exact) mass is 956 g/mol. The van der Waals surface area contributed by atoms with Gasteiger partial charge in [-0.15, -0.1) is 0 Å². The van der Waals surface area contributed by atoms with Gasteiger partial charge in [-0.2, -0.15) is 0 Å². The molecule has 7 aliphatic rings. The van der Waals surface area contributed by atoms with E-state index in [-0.39, 0.29) is 46.8 Å². The fraction of sp³-hybridized carbons (Fsp3) is 0.456. The van der Waals surface area contributed by atoms with Crippen LogP contribution in [0.1, 0.15) is 120 Å². The first-order valence-corrected chi connectivity index (χ1v) is 24.3. The predicted molar refractivity (Wildman–Crippen MR) is 260 cm³/mol. The maximum Gasteiger partial charge on any atom is 0.334 e. The summed E-state index contributed by atoms with van der Waals surface area (Å²) in [5.74, 6) is -2.27. The van der Waals surface area contributed by atoms with Gasteiger partial charge < -0.3 is 48.8 Å². The molecule has 3 fully saturated rings. The molecule has 13 nitrogen and oxygen atoms in total. The van der Waals surface area contributed by atoms with Crippen LogP contribution in [0.5, 0.6) is 17.2 Å². The molecule has 0 aromatic heterocycles. The normalized spacial score (nSPS) is 31.1. The smallest absolute Gasteiger partial charge is 0.334 e. The van der Waals surface area contributed by atoms with Crippen molar-refractivity contribution in [3.63, 3.8) is 0 Å². The van der Waals surface area contributed by atoms with Crippen molar-refractivity contribution in [2.45, 2.75) is 147 Å². The van der Waals surface area contributed by atoms with Crippen molar-refractivity contribution in [3.05, 3.63) is 141 Å². The van der Waals surface area contributed by atoms with Crippen LogP contribution in [0, 0.1) is 11.8 Å². The SMILES string of the molecule is CC(C)=CCCC1(C)C=Cc2c(c(CC=C(C)C)c3c(c2O[C@@H]2O[C@H](CO)[C@@H](O)[C@H](O)[C@H]2O)C(=O)C2=CC4CC5C(C)(C)OC(CC=C(C)C(=O)OC(c6ccccc6)c6ccccc6)(C4=O)C25O3)O1. The van der Waals surface area contributed by atoms with Gasteiger partial charge in [0.25, 0.3) is 0 Å². The summed E-state index contributed by atoms with van der Waals surface area (Å²) in [6.07, 6.45) is 3.98. The molecule has 3 aliphatic carbocycles. The van der Waals surface area contributed by atoms with E-state index in [0.717, 1.165) is 22.3 Å². The van der Waals surface area contributed by atoms with E-state index in [0.29, 0.717) is 36.1 Å². The van der Waals surface area contributed by atoms with Gasteiger partial charge in [-0.25, -0.2) is 4.79 Å². The van der Waals surface area contributed by atoms with Gasteiger partial charge in [0.1, 0.15) is 52.8 Å². The highest BCUT2D eigenvalue weighted by molar-refractivity contribution is 6.19. The molecule has 4 aliphatic heterocycles. The Hall–Kier alpha value is -5.67. The molecule has 70 heavy (non-hydrogen) atoms. The fourth-order valence-electron chi connectivity index (χ4n) is 11.3. The summed E-state index contributed by atoms with van der Waals surface area (Å²) in [7, 11) is 0. The minimum atomic E-state index is -1.81. The number of allylic oxidation sites excluding steroid dienone is 5. The number of rotatable bonds is 14. The van der Waals surface area contributed by atoms with Crippen LogP contribution in [0.15, 0.2) is 113 Å². The van der Waals surface area contributed by atoms with Crippen LogP contribution in [-0.2, 0) is 30.2 Å². The molecule has 10 rings (SSSR count). The number of esters is 1. The Bertz CT molecular complexity index is 2680. The number of Topliss-reactive ketones (excluding diaryl/α,β-unsaturated/α-hetero) is 2. The van der Waals surface area contributed by atoms with Crippen LogP contribution in [0.2, 0.25) is 0 Å². The zero-order valence-corrected chi connectivity index (χ0v) is 41.1. The van der Waals surface area contributed by atoms with Crippen molar-refractivity contribution in [2.75, 3.05) is 6.61 Å². The van der Waals surface area contributed by atoms with Crippen molar-refractivity contribution in [1.82, 2.24) is 0 Å². The van der Waals surface area contributed by atoms with E-state index < -0.39 is 89.4 Å². The summed E-state index contributed by atoms with van der Waals surface area (Å²) in [6.45, 7) is 14.7. The third kappa shape index (κ3) is 8.18. The summed E-state index contributed by atoms with van der Waals surface area (Å²) < 4.78 is 40.4. The third-order valence-electron chi connectivity index (χ3n) is 15.0. The lowest BCUT2D eigenvalue weighted by Gasteiger charge is -2.56. The number of fused-ring (bicyclic) bond motifs is 2. The van der Waals surface area contributed by atoms with Crippen LogP contribution in [-0.4, -0.2) is 97.7 Å².